The van der Waals surface area contributed by atoms with Crippen molar-refractivity contribution < 1.29 is 14.3 Å². The van der Waals surface area contributed by atoms with Gasteiger partial charge in [-0.25, -0.2) is 4.99 Å². The number of hydrogen-bond donors (Lipinski definition) is 1. The molecule has 1 fully saturated rings. The van der Waals surface area contributed by atoms with Crippen molar-refractivity contribution in [3.8, 4) is 16.9 Å². The van der Waals surface area contributed by atoms with E-state index in [0.717, 1.165) is 42.6 Å². The van der Waals surface area contributed by atoms with E-state index in [1.165, 1.54) is 4.90 Å². The minimum Gasteiger partial charge on any atom is -0.485 e. The number of carbonyl (C=O) groups excluding carboxylic acids is 2. The minimum atomic E-state index is -1.16. The Morgan fingerprint density at radius 1 is 1.00 bits per heavy atom. The number of aliphatic imine (C=N–C) groups is 1. The van der Waals surface area contributed by atoms with Crippen LogP contribution in [0.1, 0.15) is 46.9 Å². The molecule has 0 saturated carbocycles. The summed E-state index contributed by atoms with van der Waals surface area (Å²) in [6.07, 6.45) is 2.12. The predicted octanol–water partition coefficient (Wildman–Crippen LogP) is 4.10. The van der Waals surface area contributed by atoms with Crippen LogP contribution in [0.3, 0.4) is 0 Å². The Morgan fingerprint density at radius 2 is 1.75 bits per heavy atom. The number of likely N-dealkylation sites (tertiary alicyclic amines) is 1. The molecule has 6 rings (SSSR count). The van der Waals surface area contributed by atoms with E-state index >= 15 is 0 Å². The maximum Gasteiger partial charge on any atom is 0.261 e. The van der Waals surface area contributed by atoms with Crippen LogP contribution in [0, 0.1) is 0 Å². The molecule has 1 spiro atoms. The zero-order valence-electron chi connectivity index (χ0n) is 20.2. The van der Waals surface area contributed by atoms with Crippen LogP contribution >= 0.6 is 0 Å². The molecule has 0 radical (unpaired) electrons. The molecule has 3 aromatic rings. The van der Waals surface area contributed by atoms with Gasteiger partial charge in [0.05, 0.1) is 0 Å². The van der Waals surface area contributed by atoms with Crippen LogP contribution in [0.4, 0.5) is 0 Å². The molecule has 3 heterocycles. The number of guanidine groups is 1. The van der Waals surface area contributed by atoms with Gasteiger partial charge in [0.25, 0.3) is 11.8 Å². The Balaban J connectivity index is 1.43. The summed E-state index contributed by atoms with van der Waals surface area (Å²) in [5, 5.41) is 0. The lowest BCUT2D eigenvalue weighted by Crippen LogP contribution is -2.43. The average molecular weight is 481 g/mol. The van der Waals surface area contributed by atoms with Crippen molar-refractivity contribution >= 4 is 17.8 Å². The Labute approximate surface area is 210 Å². The van der Waals surface area contributed by atoms with Crippen LogP contribution in [-0.4, -0.2) is 47.7 Å². The molecule has 0 aromatic heterocycles. The van der Waals surface area contributed by atoms with Crippen molar-refractivity contribution in [2.75, 3.05) is 20.1 Å². The van der Waals surface area contributed by atoms with Crippen LogP contribution in [0.25, 0.3) is 11.1 Å². The topological polar surface area (TPSA) is 88.2 Å². The monoisotopic (exact) mass is 480 g/mol. The van der Waals surface area contributed by atoms with Gasteiger partial charge in [0, 0.05) is 37.7 Å². The zero-order chi connectivity index (χ0) is 24.9. The first-order valence-corrected chi connectivity index (χ1v) is 12.4. The zero-order valence-corrected chi connectivity index (χ0v) is 20.2. The number of nitrogens with two attached hydrogens (primary N) is 1. The number of likely N-dealkylation sites (N-methyl/N-ethyl adjacent to an activating group) is 1. The van der Waals surface area contributed by atoms with Crippen molar-refractivity contribution in [1.82, 2.24) is 9.80 Å². The van der Waals surface area contributed by atoms with Crippen LogP contribution in [0.2, 0.25) is 0 Å². The summed E-state index contributed by atoms with van der Waals surface area (Å²) >= 11 is 0. The smallest absolute Gasteiger partial charge is 0.261 e. The van der Waals surface area contributed by atoms with Gasteiger partial charge in [-0.2, -0.15) is 0 Å². The number of hydrogen-bond acceptors (Lipinski definition) is 5. The number of benzene rings is 3. The highest BCUT2D eigenvalue weighted by atomic mass is 16.5. The van der Waals surface area contributed by atoms with Gasteiger partial charge < -0.3 is 15.4 Å². The van der Waals surface area contributed by atoms with E-state index in [2.05, 4.69) is 0 Å². The Morgan fingerprint density at radius 3 is 2.47 bits per heavy atom. The van der Waals surface area contributed by atoms with Gasteiger partial charge in [-0.3, -0.25) is 14.5 Å². The third-order valence-corrected chi connectivity index (χ3v) is 7.49. The second-order valence-electron chi connectivity index (χ2n) is 9.71. The number of ether oxygens (including phenoxy) is 1. The molecule has 7 nitrogen and oxygen atoms in total. The molecule has 3 aliphatic heterocycles. The number of nitrogens with zero attached hydrogens (tertiary/aromatic N) is 3. The number of rotatable bonds is 3. The van der Waals surface area contributed by atoms with E-state index in [9.17, 15) is 9.59 Å². The minimum absolute atomic E-state index is 0.0581. The molecule has 1 saturated heterocycles. The fourth-order valence-electron chi connectivity index (χ4n) is 5.51. The molecule has 2 atom stereocenters. The maximum atomic E-state index is 13.6. The summed E-state index contributed by atoms with van der Waals surface area (Å²) in [5.74, 6) is 0.704. The molecule has 0 bridgehead atoms. The number of amides is 2. The summed E-state index contributed by atoms with van der Waals surface area (Å²) in [4.78, 5) is 34.6. The predicted molar refractivity (Wildman–Crippen MR) is 138 cm³/mol. The van der Waals surface area contributed by atoms with Crippen molar-refractivity contribution in [3.63, 3.8) is 0 Å². The molecule has 2 N–H and O–H groups in total. The summed E-state index contributed by atoms with van der Waals surface area (Å²) in [6, 6.07) is 23.4. The lowest BCUT2D eigenvalue weighted by atomic mass is 9.79. The van der Waals surface area contributed by atoms with Crippen molar-refractivity contribution in [2.45, 2.75) is 30.9 Å². The first-order valence-electron chi connectivity index (χ1n) is 12.4. The standard InChI is InChI=1S/C29H28N4O3/c1-32-27(35)29(31-28(32)30)18-25(19-8-3-2-4-9-19)36-24-13-12-21(17-23(24)29)20-10-7-11-22(16-20)26(34)33-14-5-6-15-33/h2-4,7-13,16-17,25H,5-6,14-15,18H2,1H3,(H2,30,31). The quantitative estimate of drug-likeness (QED) is 0.612. The van der Waals surface area contributed by atoms with Gasteiger partial charge in [-0.15, -0.1) is 0 Å². The van der Waals surface area contributed by atoms with E-state index in [1.54, 1.807) is 7.05 Å². The summed E-state index contributed by atoms with van der Waals surface area (Å²) in [7, 11) is 1.65. The van der Waals surface area contributed by atoms with Crippen molar-refractivity contribution in [2.24, 2.45) is 10.7 Å². The largest absolute Gasteiger partial charge is 0.485 e. The fourth-order valence-corrected chi connectivity index (χ4v) is 5.51. The molecular formula is C29H28N4O3. The van der Waals surface area contributed by atoms with E-state index in [-0.39, 0.29) is 23.9 Å². The van der Waals surface area contributed by atoms with E-state index in [1.807, 2.05) is 77.7 Å². The maximum absolute atomic E-state index is 13.6. The van der Waals surface area contributed by atoms with Gasteiger partial charge >= 0.3 is 0 Å². The summed E-state index contributed by atoms with van der Waals surface area (Å²) < 4.78 is 6.40. The van der Waals surface area contributed by atoms with Gasteiger partial charge in [0.1, 0.15) is 11.9 Å². The second kappa shape index (κ2) is 8.52. The molecule has 36 heavy (non-hydrogen) atoms. The molecule has 7 heteroatoms. The van der Waals surface area contributed by atoms with Crippen LogP contribution in [0.15, 0.2) is 77.8 Å². The van der Waals surface area contributed by atoms with Gasteiger partial charge in [-0.05, 0) is 53.8 Å². The third kappa shape index (κ3) is 3.54. The highest BCUT2D eigenvalue weighted by molar-refractivity contribution is 6.07. The lowest BCUT2D eigenvalue weighted by Gasteiger charge is -2.37. The molecule has 182 valence electrons. The highest BCUT2D eigenvalue weighted by Crippen LogP contribution is 2.50. The lowest BCUT2D eigenvalue weighted by molar-refractivity contribution is -0.132. The van der Waals surface area contributed by atoms with Crippen molar-refractivity contribution in [3.05, 3.63) is 89.5 Å². The highest BCUT2D eigenvalue weighted by Gasteiger charge is 2.53. The number of fused-ring (bicyclic) bond motifs is 2. The molecule has 2 unspecified atom stereocenters. The van der Waals surface area contributed by atoms with Crippen LogP contribution < -0.4 is 10.5 Å². The van der Waals surface area contributed by atoms with Crippen molar-refractivity contribution in [1.29, 1.82) is 0 Å². The first kappa shape index (κ1) is 22.3. The van der Waals surface area contributed by atoms with E-state index in [4.69, 9.17) is 15.5 Å². The van der Waals surface area contributed by atoms with Gasteiger partial charge in [0.15, 0.2) is 11.5 Å². The van der Waals surface area contributed by atoms with Gasteiger partial charge in [0.2, 0.25) is 0 Å². The molecule has 2 amide bonds. The van der Waals surface area contributed by atoms with Crippen LogP contribution in [-0.2, 0) is 10.3 Å². The second-order valence-corrected chi connectivity index (χ2v) is 9.71. The summed E-state index contributed by atoms with van der Waals surface area (Å²) in [6.45, 7) is 1.61. The molecule has 3 aromatic carbocycles. The normalized spacial score (nSPS) is 23.0. The van der Waals surface area contributed by atoms with Gasteiger partial charge in [-0.1, -0.05) is 48.5 Å². The molecule has 0 aliphatic carbocycles. The SMILES string of the molecule is CN1C(=O)C2(CC(c3ccccc3)Oc3ccc(-c4cccc(C(=O)N5CCCC5)c4)cc32)N=C1N. The Hall–Kier alpha value is -4.13. The number of carbonyl (C=O) groups is 2. The Bertz CT molecular complexity index is 1380. The fraction of sp³-hybridized carbons (Fsp3) is 0.276. The van der Waals surface area contributed by atoms with Crippen LogP contribution in [0.5, 0.6) is 5.75 Å². The molecular weight excluding hydrogens is 452 g/mol. The third-order valence-electron chi connectivity index (χ3n) is 7.49. The van der Waals surface area contributed by atoms with E-state index < -0.39 is 5.54 Å². The first-order chi connectivity index (χ1) is 17.5. The molecule has 3 aliphatic rings. The average Bonchev–Trinajstić information content (AvgIpc) is 3.53. The Kier molecular flexibility index (Phi) is 5.29. The summed E-state index contributed by atoms with van der Waals surface area (Å²) in [5.41, 5.74) is 9.13. The van der Waals surface area contributed by atoms with E-state index in [0.29, 0.717) is 23.3 Å².